The third kappa shape index (κ3) is 3.77. The molecule has 0 aromatic heterocycles. The van der Waals surface area contributed by atoms with Crippen molar-refractivity contribution in [1.82, 2.24) is 0 Å². The van der Waals surface area contributed by atoms with Crippen molar-refractivity contribution in [3.8, 4) is 5.75 Å². The zero-order valence-corrected chi connectivity index (χ0v) is 12.0. The van der Waals surface area contributed by atoms with Crippen LogP contribution in [0, 0.1) is 11.8 Å². The van der Waals surface area contributed by atoms with Gasteiger partial charge in [-0.15, -0.1) is 0 Å². The highest BCUT2D eigenvalue weighted by atomic mass is 19.4. The zero-order chi connectivity index (χ0) is 15.5. The molecule has 0 spiro atoms. The minimum Gasteiger partial charge on any atom is -0.496 e. The Kier molecular flexibility index (Phi) is 4.91. The van der Waals surface area contributed by atoms with E-state index in [1.807, 2.05) is 0 Å². The van der Waals surface area contributed by atoms with Crippen LogP contribution >= 0.6 is 0 Å². The molecule has 0 aliphatic heterocycles. The summed E-state index contributed by atoms with van der Waals surface area (Å²) in [7, 11) is 1.49. The van der Waals surface area contributed by atoms with Crippen LogP contribution in [-0.4, -0.2) is 19.1 Å². The van der Waals surface area contributed by atoms with E-state index in [9.17, 15) is 18.0 Å². The zero-order valence-electron chi connectivity index (χ0n) is 12.0. The van der Waals surface area contributed by atoms with Crippen LogP contribution in [-0.2, 0) is 11.2 Å². The summed E-state index contributed by atoms with van der Waals surface area (Å²) >= 11 is 0. The fourth-order valence-corrected chi connectivity index (χ4v) is 3.08. The third-order valence-electron chi connectivity index (χ3n) is 4.16. The lowest BCUT2D eigenvalue weighted by atomic mass is 9.75. The van der Waals surface area contributed by atoms with Gasteiger partial charge in [0.2, 0.25) is 0 Å². The van der Waals surface area contributed by atoms with E-state index in [-0.39, 0.29) is 18.6 Å². The monoisotopic (exact) mass is 300 g/mol. The quantitative estimate of drug-likeness (QED) is 0.834. The van der Waals surface area contributed by atoms with Crippen molar-refractivity contribution in [3.05, 3.63) is 29.8 Å². The molecule has 0 radical (unpaired) electrons. The second-order valence-corrected chi connectivity index (χ2v) is 5.49. The lowest BCUT2D eigenvalue weighted by molar-refractivity contribution is -0.197. The number of halogens is 3. The van der Waals surface area contributed by atoms with Crippen LogP contribution in [0.3, 0.4) is 0 Å². The maximum atomic E-state index is 13.1. The largest absolute Gasteiger partial charge is 0.496 e. The summed E-state index contributed by atoms with van der Waals surface area (Å²) in [5, 5.41) is 0. The standard InChI is InChI=1S/C16H19F3O2/c1-21-15-9-5-2-6-11(15)10-14(20)12-7-3-4-8-13(12)16(17,18)19/h2,5-6,9,12-13H,3-4,7-8,10H2,1H3. The molecule has 1 aliphatic carbocycles. The first-order valence-corrected chi connectivity index (χ1v) is 7.15. The molecule has 2 unspecified atom stereocenters. The second kappa shape index (κ2) is 6.50. The van der Waals surface area contributed by atoms with E-state index in [1.54, 1.807) is 24.3 Å². The Balaban J connectivity index is 2.14. The molecule has 0 N–H and O–H groups in total. The van der Waals surface area contributed by atoms with E-state index in [4.69, 9.17) is 4.74 Å². The summed E-state index contributed by atoms with van der Waals surface area (Å²) in [5.74, 6) is -2.19. The highest BCUT2D eigenvalue weighted by Crippen LogP contribution is 2.42. The van der Waals surface area contributed by atoms with E-state index >= 15 is 0 Å². The number of Topliss-reactive ketones (excluding diaryl/α,β-unsaturated/α-hetero) is 1. The van der Waals surface area contributed by atoms with Crippen LogP contribution in [0.15, 0.2) is 24.3 Å². The Bertz CT molecular complexity index is 497. The van der Waals surface area contributed by atoms with Crippen LogP contribution in [0.1, 0.15) is 31.2 Å². The van der Waals surface area contributed by atoms with Crippen LogP contribution in [0.25, 0.3) is 0 Å². The number of para-hydroxylation sites is 1. The molecule has 116 valence electrons. The third-order valence-corrected chi connectivity index (χ3v) is 4.16. The molecule has 2 atom stereocenters. The summed E-state index contributed by atoms with van der Waals surface area (Å²) in [6.45, 7) is 0. The van der Waals surface area contributed by atoms with Crippen molar-refractivity contribution in [2.24, 2.45) is 11.8 Å². The molecule has 0 heterocycles. The number of hydrogen-bond donors (Lipinski definition) is 0. The minimum atomic E-state index is -4.29. The predicted octanol–water partition coefficient (Wildman–Crippen LogP) is 4.18. The Morgan fingerprint density at radius 2 is 1.90 bits per heavy atom. The molecule has 0 saturated heterocycles. The first-order chi connectivity index (χ1) is 9.93. The Hall–Kier alpha value is -1.52. The second-order valence-electron chi connectivity index (χ2n) is 5.49. The number of ketones is 1. The molecule has 1 aliphatic rings. The Labute approximate surface area is 122 Å². The molecular weight excluding hydrogens is 281 g/mol. The van der Waals surface area contributed by atoms with E-state index in [0.717, 1.165) is 0 Å². The molecule has 0 bridgehead atoms. The van der Waals surface area contributed by atoms with Gasteiger partial charge in [-0.25, -0.2) is 0 Å². The van der Waals surface area contributed by atoms with Gasteiger partial charge in [0.05, 0.1) is 13.0 Å². The van der Waals surface area contributed by atoms with Crippen molar-refractivity contribution < 1.29 is 22.7 Å². The van der Waals surface area contributed by atoms with Gasteiger partial charge in [0.25, 0.3) is 0 Å². The van der Waals surface area contributed by atoms with Gasteiger partial charge in [-0.05, 0) is 18.9 Å². The van der Waals surface area contributed by atoms with Crippen molar-refractivity contribution in [2.75, 3.05) is 7.11 Å². The fourth-order valence-electron chi connectivity index (χ4n) is 3.08. The van der Waals surface area contributed by atoms with Crippen LogP contribution in [0.2, 0.25) is 0 Å². The lowest BCUT2D eigenvalue weighted by Gasteiger charge is -2.32. The van der Waals surface area contributed by atoms with E-state index in [2.05, 4.69) is 0 Å². The average Bonchev–Trinajstić information content (AvgIpc) is 2.47. The number of carbonyl (C=O) groups is 1. The Morgan fingerprint density at radius 1 is 1.24 bits per heavy atom. The molecule has 1 aromatic carbocycles. The topological polar surface area (TPSA) is 26.3 Å². The normalized spacial score (nSPS) is 22.9. The first kappa shape index (κ1) is 15.9. The van der Waals surface area contributed by atoms with Gasteiger partial charge in [-0.1, -0.05) is 31.0 Å². The fraction of sp³-hybridized carbons (Fsp3) is 0.562. The van der Waals surface area contributed by atoms with Crippen molar-refractivity contribution >= 4 is 5.78 Å². The van der Waals surface area contributed by atoms with Gasteiger partial charge in [-0.3, -0.25) is 4.79 Å². The van der Waals surface area contributed by atoms with Gasteiger partial charge in [-0.2, -0.15) is 13.2 Å². The predicted molar refractivity (Wildman–Crippen MR) is 73.2 cm³/mol. The van der Waals surface area contributed by atoms with Crippen molar-refractivity contribution in [1.29, 1.82) is 0 Å². The van der Waals surface area contributed by atoms with Gasteiger partial charge in [0.1, 0.15) is 11.5 Å². The molecule has 0 amide bonds. The summed E-state index contributed by atoms with van der Waals surface area (Å²) < 4.78 is 44.3. The van der Waals surface area contributed by atoms with E-state index < -0.39 is 18.0 Å². The summed E-state index contributed by atoms with van der Waals surface area (Å²) in [6.07, 6.45) is -2.66. The molecule has 1 fully saturated rings. The number of hydrogen-bond acceptors (Lipinski definition) is 2. The summed E-state index contributed by atoms with van der Waals surface area (Å²) in [4.78, 5) is 12.3. The maximum Gasteiger partial charge on any atom is 0.392 e. The lowest BCUT2D eigenvalue weighted by Crippen LogP contribution is -2.37. The van der Waals surface area contributed by atoms with Crippen molar-refractivity contribution in [3.63, 3.8) is 0 Å². The number of ether oxygens (including phenoxy) is 1. The van der Waals surface area contributed by atoms with Gasteiger partial charge in [0, 0.05) is 17.9 Å². The maximum absolute atomic E-state index is 13.1. The molecule has 2 nitrogen and oxygen atoms in total. The molecular formula is C16H19F3O2. The number of rotatable bonds is 4. The smallest absolute Gasteiger partial charge is 0.392 e. The van der Waals surface area contributed by atoms with Gasteiger partial charge < -0.3 is 4.74 Å². The highest BCUT2D eigenvalue weighted by molar-refractivity contribution is 5.84. The molecule has 21 heavy (non-hydrogen) atoms. The van der Waals surface area contributed by atoms with Gasteiger partial charge in [0.15, 0.2) is 0 Å². The van der Waals surface area contributed by atoms with Crippen LogP contribution in [0.4, 0.5) is 13.2 Å². The average molecular weight is 300 g/mol. The SMILES string of the molecule is COc1ccccc1CC(=O)C1CCCCC1C(F)(F)F. The van der Waals surface area contributed by atoms with E-state index in [1.165, 1.54) is 7.11 Å². The highest BCUT2D eigenvalue weighted by Gasteiger charge is 2.47. The summed E-state index contributed by atoms with van der Waals surface area (Å²) in [5.41, 5.74) is 0.650. The Morgan fingerprint density at radius 3 is 2.57 bits per heavy atom. The molecule has 1 aromatic rings. The molecule has 1 saturated carbocycles. The number of alkyl halides is 3. The minimum absolute atomic E-state index is 0.00125. The number of carbonyl (C=O) groups excluding carboxylic acids is 1. The molecule has 2 rings (SSSR count). The molecule has 5 heteroatoms. The van der Waals surface area contributed by atoms with Crippen LogP contribution in [0.5, 0.6) is 5.75 Å². The summed E-state index contributed by atoms with van der Waals surface area (Å²) in [6, 6.07) is 6.96. The van der Waals surface area contributed by atoms with Gasteiger partial charge >= 0.3 is 6.18 Å². The van der Waals surface area contributed by atoms with E-state index in [0.29, 0.717) is 30.6 Å². The van der Waals surface area contributed by atoms with Crippen molar-refractivity contribution in [2.45, 2.75) is 38.3 Å². The van der Waals surface area contributed by atoms with Crippen LogP contribution < -0.4 is 4.74 Å². The first-order valence-electron chi connectivity index (χ1n) is 7.15. The number of benzene rings is 1. The number of methoxy groups -OCH3 is 1.